The van der Waals surface area contributed by atoms with Crippen LogP contribution in [0, 0.1) is 11.8 Å². The van der Waals surface area contributed by atoms with Gasteiger partial charge in [0.05, 0.1) is 12.7 Å². The lowest BCUT2D eigenvalue weighted by molar-refractivity contribution is -0.0199. The van der Waals surface area contributed by atoms with Gasteiger partial charge in [-0.05, 0) is 85.0 Å². The Hall–Kier alpha value is -1.60. The smallest absolute Gasteiger partial charge is 0.0825 e. The van der Waals surface area contributed by atoms with Crippen LogP contribution in [0.4, 0.5) is 0 Å². The summed E-state index contributed by atoms with van der Waals surface area (Å²) in [6, 6.07) is 18.7. The first-order valence-electron chi connectivity index (χ1n) is 16.1. The Bertz CT molecular complexity index is 851. The molecule has 1 heteroatoms. The molecule has 1 aliphatic heterocycles. The van der Waals surface area contributed by atoms with Crippen molar-refractivity contribution in [3.05, 3.63) is 59.7 Å². The van der Waals surface area contributed by atoms with Gasteiger partial charge in [-0.15, -0.1) is 0 Å². The zero-order valence-electron chi connectivity index (χ0n) is 24.1. The first-order valence-corrected chi connectivity index (χ1v) is 16.1. The summed E-state index contributed by atoms with van der Waals surface area (Å²) in [5, 5.41) is 0. The Balaban J connectivity index is 1.19. The van der Waals surface area contributed by atoms with Crippen molar-refractivity contribution < 1.29 is 4.74 Å². The summed E-state index contributed by atoms with van der Waals surface area (Å²) in [4.78, 5) is 0. The molecule has 1 saturated carbocycles. The largest absolute Gasteiger partial charge is 0.373 e. The first-order chi connectivity index (χ1) is 18.3. The molecule has 4 rings (SSSR count). The highest BCUT2D eigenvalue weighted by Gasteiger charge is 2.23. The van der Waals surface area contributed by atoms with Gasteiger partial charge in [-0.1, -0.05) is 127 Å². The normalized spacial score (nSPS) is 24.3. The van der Waals surface area contributed by atoms with Crippen molar-refractivity contribution in [2.45, 2.75) is 135 Å². The van der Waals surface area contributed by atoms with Crippen LogP contribution in [0.25, 0.3) is 11.1 Å². The highest BCUT2D eigenvalue weighted by Crippen LogP contribution is 2.39. The average Bonchev–Trinajstić information content (AvgIpc) is 2.96. The van der Waals surface area contributed by atoms with Crippen molar-refractivity contribution in [2.24, 2.45) is 11.8 Å². The van der Waals surface area contributed by atoms with Gasteiger partial charge in [0.15, 0.2) is 0 Å². The van der Waals surface area contributed by atoms with E-state index in [0.29, 0.717) is 0 Å². The highest BCUT2D eigenvalue weighted by atomic mass is 16.5. The topological polar surface area (TPSA) is 9.23 Å². The second-order valence-electron chi connectivity index (χ2n) is 12.3. The summed E-state index contributed by atoms with van der Waals surface area (Å²) in [7, 11) is 0. The molecule has 0 amide bonds. The monoisotopic (exact) mass is 502 g/mol. The van der Waals surface area contributed by atoms with E-state index in [1.807, 2.05) is 0 Å². The van der Waals surface area contributed by atoms with Crippen molar-refractivity contribution in [3.63, 3.8) is 0 Å². The predicted octanol–water partition coefficient (Wildman–Crippen LogP) is 11.4. The number of hydrogen-bond acceptors (Lipinski definition) is 1. The van der Waals surface area contributed by atoms with Gasteiger partial charge in [0.25, 0.3) is 0 Å². The lowest BCUT2D eigenvalue weighted by Gasteiger charge is -2.29. The minimum Gasteiger partial charge on any atom is -0.373 e. The maximum absolute atomic E-state index is 6.34. The van der Waals surface area contributed by atoms with Gasteiger partial charge in [-0.3, -0.25) is 0 Å². The lowest BCUT2D eigenvalue weighted by atomic mass is 9.77. The zero-order valence-corrected chi connectivity index (χ0v) is 24.1. The van der Waals surface area contributed by atoms with E-state index in [-0.39, 0.29) is 6.10 Å². The fraction of sp³-hybridized carbons (Fsp3) is 0.667. The number of unbranched alkanes of at least 4 members (excludes halogenated alkanes) is 7. The molecule has 1 saturated heterocycles. The molecule has 1 heterocycles. The summed E-state index contributed by atoms with van der Waals surface area (Å²) < 4.78 is 6.34. The van der Waals surface area contributed by atoms with Crippen LogP contribution in [0.3, 0.4) is 0 Å². The van der Waals surface area contributed by atoms with E-state index in [0.717, 1.165) is 24.4 Å². The van der Waals surface area contributed by atoms with Crippen molar-refractivity contribution in [3.8, 4) is 11.1 Å². The third-order valence-corrected chi connectivity index (χ3v) is 9.40. The third-order valence-electron chi connectivity index (χ3n) is 9.40. The van der Waals surface area contributed by atoms with Crippen LogP contribution < -0.4 is 0 Å². The van der Waals surface area contributed by atoms with Crippen LogP contribution in [0.5, 0.6) is 0 Å². The van der Waals surface area contributed by atoms with Gasteiger partial charge in [0.1, 0.15) is 0 Å². The molecule has 2 aromatic rings. The van der Waals surface area contributed by atoms with E-state index in [2.05, 4.69) is 62.4 Å². The fourth-order valence-electron chi connectivity index (χ4n) is 6.82. The van der Waals surface area contributed by atoms with Gasteiger partial charge in [0, 0.05) is 0 Å². The van der Waals surface area contributed by atoms with E-state index in [9.17, 15) is 0 Å². The van der Waals surface area contributed by atoms with E-state index in [4.69, 9.17) is 4.74 Å². The van der Waals surface area contributed by atoms with Crippen LogP contribution in [0.2, 0.25) is 0 Å². The standard InChI is InChI=1S/C36H54O/c1-3-5-7-8-9-11-13-30-16-27-36(37-28-30)35-25-23-34(24-26-35)33-21-19-32(20-22-33)31-17-14-29(15-18-31)12-10-6-4-2/h19-26,29-31,36H,3-18,27-28H2,1-2H3/t29-,30?,31-,36?. The average molecular weight is 503 g/mol. The first kappa shape index (κ1) is 28.4. The lowest BCUT2D eigenvalue weighted by Crippen LogP contribution is -2.20. The third kappa shape index (κ3) is 8.98. The number of rotatable bonds is 14. The van der Waals surface area contributed by atoms with Crippen LogP contribution >= 0.6 is 0 Å². The van der Waals surface area contributed by atoms with Gasteiger partial charge in [-0.25, -0.2) is 0 Å². The zero-order chi connectivity index (χ0) is 25.7. The summed E-state index contributed by atoms with van der Waals surface area (Å²) in [6.45, 7) is 5.55. The van der Waals surface area contributed by atoms with Gasteiger partial charge in [0.2, 0.25) is 0 Å². The predicted molar refractivity (Wildman–Crippen MR) is 160 cm³/mol. The molecule has 2 aromatic carbocycles. The molecule has 0 radical (unpaired) electrons. The number of ether oxygens (including phenoxy) is 1. The molecule has 2 fully saturated rings. The maximum atomic E-state index is 6.34. The van der Waals surface area contributed by atoms with Crippen LogP contribution in [0.1, 0.15) is 146 Å². The summed E-state index contributed by atoms with van der Waals surface area (Å²) in [6.07, 6.45) is 23.8. The number of hydrogen-bond donors (Lipinski definition) is 0. The summed E-state index contributed by atoms with van der Waals surface area (Å²) >= 11 is 0. The molecule has 0 N–H and O–H groups in total. The van der Waals surface area contributed by atoms with Crippen LogP contribution in [0.15, 0.2) is 48.5 Å². The Labute approximate surface area is 228 Å². The molecule has 2 unspecified atom stereocenters. The van der Waals surface area contributed by atoms with Gasteiger partial charge >= 0.3 is 0 Å². The van der Waals surface area contributed by atoms with E-state index >= 15 is 0 Å². The Morgan fingerprint density at radius 3 is 1.68 bits per heavy atom. The molecule has 2 aliphatic rings. The van der Waals surface area contributed by atoms with Gasteiger partial charge < -0.3 is 4.74 Å². The molecule has 2 atom stereocenters. The van der Waals surface area contributed by atoms with Crippen molar-refractivity contribution in [1.29, 1.82) is 0 Å². The molecular formula is C36H54O. The second kappa shape index (κ2) is 15.7. The Kier molecular flexibility index (Phi) is 12.1. The summed E-state index contributed by atoms with van der Waals surface area (Å²) in [5.74, 6) is 2.53. The fourth-order valence-corrected chi connectivity index (χ4v) is 6.82. The molecular weight excluding hydrogens is 448 g/mol. The minimum absolute atomic E-state index is 0.286. The Morgan fingerprint density at radius 1 is 0.541 bits per heavy atom. The molecule has 0 aromatic heterocycles. The molecule has 1 aliphatic carbocycles. The van der Waals surface area contributed by atoms with Crippen molar-refractivity contribution >= 4 is 0 Å². The molecule has 204 valence electrons. The van der Waals surface area contributed by atoms with Gasteiger partial charge in [-0.2, -0.15) is 0 Å². The summed E-state index contributed by atoms with van der Waals surface area (Å²) in [5.41, 5.74) is 5.58. The van der Waals surface area contributed by atoms with Crippen molar-refractivity contribution in [1.82, 2.24) is 0 Å². The molecule has 0 spiro atoms. The molecule has 0 bridgehead atoms. The SMILES string of the molecule is CCCCCCCCC1CCC(c2ccc(-c3ccc([C@H]4CC[C@H](CCCCC)CC4)cc3)cc2)OC1. The van der Waals surface area contributed by atoms with E-state index < -0.39 is 0 Å². The quantitative estimate of drug-likeness (QED) is 0.233. The van der Waals surface area contributed by atoms with Crippen molar-refractivity contribution in [2.75, 3.05) is 6.61 Å². The van der Waals surface area contributed by atoms with Crippen LogP contribution in [-0.2, 0) is 4.74 Å². The molecule has 1 nitrogen and oxygen atoms in total. The highest BCUT2D eigenvalue weighted by molar-refractivity contribution is 5.64. The van der Waals surface area contributed by atoms with Crippen LogP contribution in [-0.4, -0.2) is 6.61 Å². The number of benzene rings is 2. The van der Waals surface area contributed by atoms with E-state index in [1.165, 1.54) is 126 Å². The minimum atomic E-state index is 0.286. The second-order valence-corrected chi connectivity index (χ2v) is 12.3. The molecule has 37 heavy (non-hydrogen) atoms. The maximum Gasteiger partial charge on any atom is 0.0825 e. The van der Waals surface area contributed by atoms with E-state index in [1.54, 1.807) is 5.56 Å². The Morgan fingerprint density at radius 2 is 1.05 bits per heavy atom.